The Labute approximate surface area is 186 Å². The third kappa shape index (κ3) is 5.88. The number of benzene rings is 3. The van der Waals surface area contributed by atoms with Gasteiger partial charge in [0, 0.05) is 22.7 Å². The third-order valence-electron chi connectivity index (χ3n) is 3.94. The fraction of sp³-hybridized carbons (Fsp3) is 0. The number of carbonyl (C=O) groups excluding carboxylic acids is 2. The minimum atomic E-state index is -0.651. The van der Waals surface area contributed by atoms with Crippen molar-refractivity contribution in [3.05, 3.63) is 104 Å². The second-order valence-electron chi connectivity index (χ2n) is 6.09. The van der Waals surface area contributed by atoms with Crippen LogP contribution in [0.4, 0.5) is 5.69 Å². The van der Waals surface area contributed by atoms with Crippen molar-refractivity contribution >= 4 is 47.0 Å². The van der Waals surface area contributed by atoms with E-state index in [9.17, 15) is 19.7 Å². The highest BCUT2D eigenvalue weighted by atomic mass is 35.5. The van der Waals surface area contributed by atoms with E-state index in [2.05, 4.69) is 10.5 Å². The van der Waals surface area contributed by atoms with Crippen molar-refractivity contribution in [2.75, 3.05) is 0 Å². The first-order valence-electron chi connectivity index (χ1n) is 8.68. The smallest absolute Gasteiger partial charge is 0.345 e. The molecule has 1 N–H and O–H groups in total. The Balaban J connectivity index is 1.63. The van der Waals surface area contributed by atoms with E-state index >= 15 is 0 Å². The number of nitro groups is 1. The van der Waals surface area contributed by atoms with Crippen LogP contribution in [0.3, 0.4) is 0 Å². The summed E-state index contributed by atoms with van der Waals surface area (Å²) >= 11 is 11.8. The van der Waals surface area contributed by atoms with Gasteiger partial charge < -0.3 is 4.74 Å². The highest BCUT2D eigenvalue weighted by Crippen LogP contribution is 2.23. The minimum absolute atomic E-state index is 0.119. The van der Waals surface area contributed by atoms with Gasteiger partial charge in [0.25, 0.3) is 11.6 Å². The molecule has 0 heterocycles. The number of non-ortho nitro benzene ring substituents is 1. The molecule has 156 valence electrons. The zero-order valence-electron chi connectivity index (χ0n) is 15.6. The molecule has 0 bridgehead atoms. The molecule has 0 spiro atoms. The summed E-state index contributed by atoms with van der Waals surface area (Å²) in [6.45, 7) is 0. The van der Waals surface area contributed by atoms with Crippen molar-refractivity contribution in [3.8, 4) is 5.75 Å². The predicted molar refractivity (Wildman–Crippen MR) is 116 cm³/mol. The summed E-state index contributed by atoms with van der Waals surface area (Å²) in [5.74, 6) is -0.935. The monoisotopic (exact) mass is 457 g/mol. The first kappa shape index (κ1) is 21.9. The van der Waals surface area contributed by atoms with Gasteiger partial charge in [0.1, 0.15) is 5.75 Å². The molecule has 0 aliphatic rings. The average molecular weight is 458 g/mol. The number of esters is 1. The van der Waals surface area contributed by atoms with Crippen LogP contribution in [0.25, 0.3) is 0 Å². The summed E-state index contributed by atoms with van der Waals surface area (Å²) in [5.41, 5.74) is 3.13. The van der Waals surface area contributed by atoms with Crippen LogP contribution in [-0.2, 0) is 0 Å². The van der Waals surface area contributed by atoms with Gasteiger partial charge in [0.2, 0.25) is 0 Å². The molecule has 0 aromatic heterocycles. The number of hydrazone groups is 1. The Hall–Kier alpha value is -3.75. The molecule has 0 saturated heterocycles. The molecule has 0 atom stereocenters. The van der Waals surface area contributed by atoms with Crippen LogP contribution in [0.2, 0.25) is 10.0 Å². The van der Waals surface area contributed by atoms with Crippen LogP contribution in [0.15, 0.2) is 71.8 Å². The normalized spacial score (nSPS) is 10.6. The number of nitrogens with one attached hydrogen (secondary N) is 1. The molecular formula is C21H13Cl2N3O5. The lowest BCUT2D eigenvalue weighted by atomic mass is 10.2. The molecule has 0 saturated carbocycles. The van der Waals surface area contributed by atoms with Crippen LogP contribution < -0.4 is 10.2 Å². The van der Waals surface area contributed by atoms with Crippen molar-refractivity contribution in [2.24, 2.45) is 5.10 Å². The van der Waals surface area contributed by atoms with Crippen LogP contribution in [0, 0.1) is 10.1 Å². The lowest BCUT2D eigenvalue weighted by Gasteiger charge is -2.07. The maximum Gasteiger partial charge on any atom is 0.345 e. The lowest BCUT2D eigenvalue weighted by molar-refractivity contribution is -0.384. The number of halogens is 2. The Morgan fingerprint density at radius 2 is 1.77 bits per heavy atom. The summed E-state index contributed by atoms with van der Waals surface area (Å²) < 4.78 is 5.32. The standard InChI is InChI=1S/C21H13Cl2N3O5/c22-15-6-9-18(19(23)11-15)21(28)31-17-3-1-2-13(10-17)12-24-25-20(27)14-4-7-16(8-5-14)26(29)30/h1-12H,(H,25,27)/b24-12-. The Morgan fingerprint density at radius 1 is 1.03 bits per heavy atom. The fourth-order valence-corrected chi connectivity index (χ4v) is 2.93. The molecule has 3 aromatic carbocycles. The van der Waals surface area contributed by atoms with Gasteiger partial charge in [-0.15, -0.1) is 0 Å². The number of rotatable bonds is 6. The van der Waals surface area contributed by atoms with Gasteiger partial charge in [-0.05, 0) is 48.0 Å². The molecule has 0 unspecified atom stereocenters. The van der Waals surface area contributed by atoms with E-state index in [1.807, 2.05) is 0 Å². The van der Waals surface area contributed by atoms with Gasteiger partial charge in [-0.2, -0.15) is 5.10 Å². The molecule has 31 heavy (non-hydrogen) atoms. The first-order chi connectivity index (χ1) is 14.8. The molecule has 10 heteroatoms. The maximum atomic E-state index is 12.3. The summed E-state index contributed by atoms with van der Waals surface area (Å²) in [6.07, 6.45) is 1.36. The SMILES string of the molecule is O=C(N/N=C\c1cccc(OC(=O)c2ccc(Cl)cc2Cl)c1)c1ccc([N+](=O)[O-])cc1. The number of hydrogen-bond acceptors (Lipinski definition) is 6. The Kier molecular flexibility index (Phi) is 6.96. The second kappa shape index (κ2) is 9.84. The van der Waals surface area contributed by atoms with Crippen LogP contribution >= 0.6 is 23.2 Å². The highest BCUT2D eigenvalue weighted by molar-refractivity contribution is 6.36. The topological polar surface area (TPSA) is 111 Å². The third-order valence-corrected chi connectivity index (χ3v) is 4.49. The first-order valence-corrected chi connectivity index (χ1v) is 9.44. The molecule has 0 fully saturated rings. The lowest BCUT2D eigenvalue weighted by Crippen LogP contribution is -2.17. The number of carbonyl (C=O) groups is 2. The Bertz CT molecular complexity index is 1180. The van der Waals surface area contributed by atoms with Gasteiger partial charge in [-0.25, -0.2) is 10.2 Å². The summed E-state index contributed by atoms with van der Waals surface area (Å²) in [6, 6.07) is 16.0. The van der Waals surface area contributed by atoms with Crippen LogP contribution in [0.1, 0.15) is 26.3 Å². The molecule has 0 aliphatic carbocycles. The van der Waals surface area contributed by atoms with Crippen molar-refractivity contribution in [1.29, 1.82) is 0 Å². The van der Waals surface area contributed by atoms with E-state index in [-0.39, 0.29) is 27.6 Å². The van der Waals surface area contributed by atoms with E-state index in [1.165, 1.54) is 48.7 Å². The summed E-state index contributed by atoms with van der Waals surface area (Å²) in [4.78, 5) is 34.5. The molecule has 3 aromatic rings. The van der Waals surface area contributed by atoms with E-state index in [4.69, 9.17) is 27.9 Å². The second-order valence-corrected chi connectivity index (χ2v) is 6.93. The van der Waals surface area contributed by atoms with Gasteiger partial charge in [0.05, 0.1) is 21.7 Å². The van der Waals surface area contributed by atoms with E-state index in [0.29, 0.717) is 10.6 Å². The van der Waals surface area contributed by atoms with Crippen molar-refractivity contribution in [3.63, 3.8) is 0 Å². The number of nitro benzene ring substituents is 1. The van der Waals surface area contributed by atoms with Crippen LogP contribution in [-0.4, -0.2) is 23.0 Å². The molecule has 0 aliphatic heterocycles. The Morgan fingerprint density at radius 3 is 2.45 bits per heavy atom. The largest absolute Gasteiger partial charge is 0.423 e. The summed E-state index contributed by atoms with van der Waals surface area (Å²) in [7, 11) is 0. The van der Waals surface area contributed by atoms with Gasteiger partial charge >= 0.3 is 5.97 Å². The fourth-order valence-electron chi connectivity index (χ4n) is 2.44. The van der Waals surface area contributed by atoms with Crippen molar-refractivity contribution in [1.82, 2.24) is 5.43 Å². The average Bonchev–Trinajstić information content (AvgIpc) is 2.74. The zero-order chi connectivity index (χ0) is 22.4. The molecular weight excluding hydrogens is 445 g/mol. The molecule has 1 amide bonds. The number of ether oxygens (including phenoxy) is 1. The number of amides is 1. The number of nitrogens with zero attached hydrogens (tertiary/aromatic N) is 2. The van der Waals surface area contributed by atoms with Gasteiger partial charge in [-0.3, -0.25) is 14.9 Å². The maximum absolute atomic E-state index is 12.3. The molecule has 0 radical (unpaired) electrons. The highest BCUT2D eigenvalue weighted by Gasteiger charge is 2.13. The van der Waals surface area contributed by atoms with Crippen molar-refractivity contribution in [2.45, 2.75) is 0 Å². The van der Waals surface area contributed by atoms with E-state index in [1.54, 1.807) is 24.3 Å². The zero-order valence-corrected chi connectivity index (χ0v) is 17.1. The van der Waals surface area contributed by atoms with E-state index < -0.39 is 16.8 Å². The molecule has 8 nitrogen and oxygen atoms in total. The molecule has 3 rings (SSSR count). The van der Waals surface area contributed by atoms with Gasteiger partial charge in [0.15, 0.2) is 0 Å². The van der Waals surface area contributed by atoms with E-state index in [0.717, 1.165) is 0 Å². The predicted octanol–water partition coefficient (Wildman–Crippen LogP) is 4.88. The van der Waals surface area contributed by atoms with Crippen molar-refractivity contribution < 1.29 is 19.2 Å². The van der Waals surface area contributed by atoms with Gasteiger partial charge in [-0.1, -0.05) is 35.3 Å². The summed E-state index contributed by atoms with van der Waals surface area (Å²) in [5, 5.41) is 15.1. The van der Waals surface area contributed by atoms with Crippen LogP contribution in [0.5, 0.6) is 5.75 Å². The minimum Gasteiger partial charge on any atom is -0.423 e. The number of hydrogen-bond donors (Lipinski definition) is 1. The quantitative estimate of drug-likeness (QED) is 0.186.